The van der Waals surface area contributed by atoms with Crippen LogP contribution in [-0.2, 0) is 18.9 Å². The van der Waals surface area contributed by atoms with E-state index in [-0.39, 0.29) is 0 Å². The molecule has 4 aromatic carbocycles. The second kappa shape index (κ2) is 12.0. The Morgan fingerprint density at radius 2 is 1.60 bits per heavy atom. The monoisotopic (exact) mass is 556 g/mol. The van der Waals surface area contributed by atoms with E-state index in [0.717, 1.165) is 33.4 Å². The van der Waals surface area contributed by atoms with Gasteiger partial charge in [-0.05, 0) is 35.8 Å². The van der Waals surface area contributed by atoms with Gasteiger partial charge in [-0.2, -0.15) is 0 Å². The predicted molar refractivity (Wildman–Crippen MR) is 156 cm³/mol. The molecule has 2 heterocycles. The summed E-state index contributed by atoms with van der Waals surface area (Å²) in [6, 6.07) is 31.1. The molecule has 0 aromatic heterocycles. The van der Waals surface area contributed by atoms with Gasteiger partial charge in [0.2, 0.25) is 0 Å². The minimum absolute atomic E-state index is 0.332. The van der Waals surface area contributed by atoms with E-state index >= 15 is 0 Å². The second-order valence-electron chi connectivity index (χ2n) is 9.93. The van der Waals surface area contributed by atoms with Gasteiger partial charge in [0.25, 0.3) is 0 Å². The third kappa shape index (κ3) is 5.47. The number of esters is 1. The van der Waals surface area contributed by atoms with Crippen LogP contribution in [0.15, 0.2) is 97.1 Å². The van der Waals surface area contributed by atoms with Crippen molar-refractivity contribution in [1.29, 1.82) is 0 Å². The summed E-state index contributed by atoms with van der Waals surface area (Å²) in [6.45, 7) is 4.42. The predicted octanol–water partition coefficient (Wildman–Crippen LogP) is 6.71. The van der Waals surface area contributed by atoms with Gasteiger partial charge in [0.15, 0.2) is 18.5 Å². The highest BCUT2D eigenvalue weighted by Gasteiger charge is 2.53. The number of benzene rings is 4. The van der Waals surface area contributed by atoms with Crippen molar-refractivity contribution in [3.63, 3.8) is 0 Å². The fraction of sp³-hybridized carbons (Fsp3) is 0.303. The van der Waals surface area contributed by atoms with Gasteiger partial charge >= 0.3 is 5.97 Å². The molecule has 0 saturated carbocycles. The van der Waals surface area contributed by atoms with Crippen LogP contribution in [0, 0.1) is 6.92 Å². The molecule has 6 nitrogen and oxygen atoms in total. The first-order valence-electron chi connectivity index (χ1n) is 13.6. The van der Waals surface area contributed by atoms with Gasteiger partial charge in [-0.15, -0.1) is 11.8 Å². The van der Waals surface area contributed by atoms with Crippen LogP contribution >= 0.6 is 11.8 Å². The van der Waals surface area contributed by atoms with Crippen LogP contribution in [0.3, 0.4) is 0 Å². The van der Waals surface area contributed by atoms with Crippen molar-refractivity contribution in [1.82, 2.24) is 0 Å². The molecule has 0 bridgehead atoms. The van der Waals surface area contributed by atoms with Crippen molar-refractivity contribution in [3.05, 3.63) is 114 Å². The fourth-order valence-electron chi connectivity index (χ4n) is 5.29. The Bertz CT molecular complexity index is 1450. The topological polar surface area (TPSA) is 63.2 Å². The smallest absolute Gasteiger partial charge is 0.338 e. The lowest BCUT2D eigenvalue weighted by Gasteiger charge is -2.48. The molecule has 2 fully saturated rings. The van der Waals surface area contributed by atoms with E-state index in [9.17, 15) is 4.79 Å². The van der Waals surface area contributed by atoms with E-state index in [4.69, 9.17) is 23.7 Å². The SMILES string of the molecule is CCSC1OC2COC(c3ccccc3)OC2C(Oc2c(C)ccc3ccccc23)C1OC(=O)c1ccccc1. The van der Waals surface area contributed by atoms with Crippen LogP contribution in [0.4, 0.5) is 0 Å². The van der Waals surface area contributed by atoms with Crippen molar-refractivity contribution < 1.29 is 28.5 Å². The number of carbonyl (C=O) groups is 1. The molecule has 0 spiro atoms. The summed E-state index contributed by atoms with van der Waals surface area (Å²) < 4.78 is 32.4. The Morgan fingerprint density at radius 3 is 2.38 bits per heavy atom. The maximum absolute atomic E-state index is 13.4. The molecule has 2 aliphatic rings. The first kappa shape index (κ1) is 26.8. The van der Waals surface area contributed by atoms with Gasteiger partial charge < -0.3 is 23.7 Å². The molecule has 6 atom stereocenters. The van der Waals surface area contributed by atoms with Crippen molar-refractivity contribution in [2.24, 2.45) is 0 Å². The molecular weight excluding hydrogens is 524 g/mol. The van der Waals surface area contributed by atoms with Crippen LogP contribution < -0.4 is 4.74 Å². The molecule has 0 radical (unpaired) electrons. The van der Waals surface area contributed by atoms with Crippen molar-refractivity contribution in [3.8, 4) is 5.75 Å². The Balaban J connectivity index is 1.40. The average Bonchev–Trinajstić information content (AvgIpc) is 3.00. The van der Waals surface area contributed by atoms with E-state index in [1.807, 2.05) is 67.6 Å². The van der Waals surface area contributed by atoms with Crippen molar-refractivity contribution in [2.75, 3.05) is 12.4 Å². The summed E-state index contributed by atoms with van der Waals surface area (Å²) in [4.78, 5) is 13.4. The first-order valence-corrected chi connectivity index (χ1v) is 14.7. The first-order chi connectivity index (χ1) is 19.6. The van der Waals surface area contributed by atoms with Gasteiger partial charge in [0, 0.05) is 10.9 Å². The highest BCUT2D eigenvalue weighted by Crippen LogP contribution is 2.41. The van der Waals surface area contributed by atoms with Gasteiger partial charge in [-0.25, -0.2) is 4.79 Å². The highest BCUT2D eigenvalue weighted by molar-refractivity contribution is 7.99. The number of hydrogen-bond donors (Lipinski definition) is 0. The minimum Gasteiger partial charge on any atom is -0.483 e. The van der Waals surface area contributed by atoms with Crippen molar-refractivity contribution in [2.45, 2.75) is 50.0 Å². The Labute approximate surface area is 238 Å². The van der Waals surface area contributed by atoms with Crippen LogP contribution in [0.5, 0.6) is 5.75 Å². The zero-order valence-corrected chi connectivity index (χ0v) is 23.3. The van der Waals surface area contributed by atoms with E-state index in [1.165, 1.54) is 0 Å². The summed E-state index contributed by atoms with van der Waals surface area (Å²) in [5, 5.41) is 2.06. The largest absolute Gasteiger partial charge is 0.483 e. The van der Waals surface area contributed by atoms with Gasteiger partial charge in [0.1, 0.15) is 23.4 Å². The minimum atomic E-state index is -0.730. The number of ether oxygens (including phenoxy) is 5. The number of fused-ring (bicyclic) bond motifs is 2. The molecule has 0 aliphatic carbocycles. The Hall–Kier alpha value is -3.36. The van der Waals surface area contributed by atoms with E-state index in [1.54, 1.807) is 23.9 Å². The number of aryl methyl sites for hydroxylation is 1. The molecule has 2 aliphatic heterocycles. The maximum atomic E-state index is 13.4. The number of thioether (sulfide) groups is 1. The Kier molecular flexibility index (Phi) is 8.07. The highest BCUT2D eigenvalue weighted by atomic mass is 32.2. The quantitative estimate of drug-likeness (QED) is 0.234. The molecule has 4 aromatic rings. The molecule has 6 rings (SSSR count). The zero-order chi connectivity index (χ0) is 27.5. The third-order valence-corrected chi connectivity index (χ3v) is 8.31. The van der Waals surface area contributed by atoms with Crippen LogP contribution in [-0.4, -0.2) is 48.2 Å². The molecule has 7 heteroatoms. The third-order valence-electron chi connectivity index (χ3n) is 7.27. The molecule has 6 unspecified atom stereocenters. The standard InChI is InChI=1S/C33H32O6S/c1-3-40-33-30(38-31(34)23-13-6-4-7-14-23)29(37-27-21(2)18-19-22-12-10-11-17-25(22)27)28-26(36-33)20-35-32(39-28)24-15-8-5-9-16-24/h4-19,26,28-30,32-33H,3,20H2,1-2H3. The number of rotatable bonds is 7. The molecule has 206 valence electrons. The fourth-order valence-corrected chi connectivity index (χ4v) is 6.24. The number of carbonyl (C=O) groups excluding carboxylic acids is 1. The summed E-state index contributed by atoms with van der Waals surface area (Å²) in [5.74, 6) is 1.09. The van der Waals surface area contributed by atoms with Gasteiger partial charge in [-0.1, -0.05) is 91.9 Å². The molecule has 0 amide bonds. The van der Waals surface area contributed by atoms with E-state index < -0.39 is 42.1 Å². The van der Waals surface area contributed by atoms with E-state index in [2.05, 4.69) is 31.2 Å². The summed E-state index contributed by atoms with van der Waals surface area (Å²) in [7, 11) is 0. The van der Waals surface area contributed by atoms with Gasteiger partial charge in [-0.3, -0.25) is 0 Å². The van der Waals surface area contributed by atoms with Crippen molar-refractivity contribution >= 4 is 28.5 Å². The lowest BCUT2D eigenvalue weighted by atomic mass is 9.97. The molecule has 0 N–H and O–H groups in total. The normalized spacial score (nSPS) is 26.1. The molecular formula is C33H32O6S. The van der Waals surface area contributed by atoms with Crippen LogP contribution in [0.1, 0.15) is 34.7 Å². The second-order valence-corrected chi connectivity index (χ2v) is 11.3. The van der Waals surface area contributed by atoms with Gasteiger partial charge in [0.05, 0.1) is 12.2 Å². The average molecular weight is 557 g/mol. The zero-order valence-electron chi connectivity index (χ0n) is 22.5. The number of hydrogen-bond acceptors (Lipinski definition) is 7. The van der Waals surface area contributed by atoms with Crippen LogP contribution in [0.25, 0.3) is 10.8 Å². The molecule has 40 heavy (non-hydrogen) atoms. The Morgan fingerprint density at radius 1 is 0.875 bits per heavy atom. The lowest BCUT2D eigenvalue weighted by Crippen LogP contribution is -2.63. The lowest BCUT2D eigenvalue weighted by molar-refractivity contribution is -0.314. The van der Waals surface area contributed by atoms with E-state index in [0.29, 0.717) is 12.2 Å². The molecule has 2 saturated heterocycles. The maximum Gasteiger partial charge on any atom is 0.338 e. The summed E-state index contributed by atoms with van der Waals surface area (Å²) in [6.07, 6.45) is -2.90. The van der Waals surface area contributed by atoms with Crippen LogP contribution in [0.2, 0.25) is 0 Å². The summed E-state index contributed by atoms with van der Waals surface area (Å²) in [5.41, 5.74) is 1.91. The summed E-state index contributed by atoms with van der Waals surface area (Å²) >= 11 is 1.58.